The van der Waals surface area contributed by atoms with E-state index in [0.717, 1.165) is 42.6 Å². The van der Waals surface area contributed by atoms with Gasteiger partial charge in [0.2, 0.25) is 0 Å². The second-order valence-electron chi connectivity index (χ2n) is 6.12. The topological polar surface area (TPSA) is 25.8 Å². The lowest BCUT2D eigenvalue weighted by atomic mass is 10.0. The van der Waals surface area contributed by atoms with Crippen LogP contribution in [0, 0.1) is 5.82 Å². The lowest BCUT2D eigenvalue weighted by molar-refractivity contribution is 0.626. The van der Waals surface area contributed by atoms with Crippen LogP contribution in [-0.2, 0) is 12.8 Å². The van der Waals surface area contributed by atoms with E-state index >= 15 is 0 Å². The molecular weight excluding hydrogens is 287 g/mol. The van der Waals surface area contributed by atoms with Gasteiger partial charge in [-0.3, -0.25) is 0 Å². The van der Waals surface area contributed by atoms with Crippen LogP contribution < -0.4 is 0 Å². The molecule has 0 spiro atoms. The maximum atomic E-state index is 14.3. The van der Waals surface area contributed by atoms with Gasteiger partial charge in [-0.1, -0.05) is 51.7 Å². The molecule has 0 atom stereocenters. The number of halogens is 1. The Morgan fingerprint density at radius 1 is 0.870 bits per heavy atom. The summed E-state index contributed by atoms with van der Waals surface area (Å²) < 4.78 is 14.3. The molecule has 0 unspecified atom stereocenters. The third-order valence-electron chi connectivity index (χ3n) is 4.12. The number of aryl methyl sites for hydroxylation is 2. The van der Waals surface area contributed by atoms with Crippen LogP contribution in [0.2, 0.25) is 0 Å². The van der Waals surface area contributed by atoms with E-state index in [1.54, 1.807) is 18.5 Å². The predicted octanol–water partition coefficient (Wildman–Crippen LogP) is 5.75. The Morgan fingerprint density at radius 2 is 1.52 bits per heavy atom. The highest BCUT2D eigenvalue weighted by molar-refractivity contribution is 5.62. The maximum absolute atomic E-state index is 14.3. The minimum absolute atomic E-state index is 0.179. The Kier molecular flexibility index (Phi) is 7.18. The highest BCUT2D eigenvalue weighted by Gasteiger charge is 2.08. The Morgan fingerprint density at radius 3 is 2.13 bits per heavy atom. The van der Waals surface area contributed by atoms with E-state index in [1.807, 2.05) is 12.1 Å². The van der Waals surface area contributed by atoms with E-state index in [-0.39, 0.29) is 5.82 Å². The van der Waals surface area contributed by atoms with E-state index in [1.165, 1.54) is 25.7 Å². The number of rotatable bonds is 9. The van der Waals surface area contributed by atoms with Gasteiger partial charge in [0.25, 0.3) is 0 Å². The zero-order valence-electron chi connectivity index (χ0n) is 14.3. The van der Waals surface area contributed by atoms with Crippen molar-refractivity contribution in [2.24, 2.45) is 0 Å². The molecule has 0 saturated heterocycles. The van der Waals surface area contributed by atoms with Gasteiger partial charge in [0.15, 0.2) is 0 Å². The Balaban J connectivity index is 2.03. The monoisotopic (exact) mass is 314 g/mol. The van der Waals surface area contributed by atoms with Crippen molar-refractivity contribution in [1.29, 1.82) is 0 Å². The molecule has 1 aromatic carbocycles. The molecule has 0 fully saturated rings. The smallest absolute Gasteiger partial charge is 0.131 e. The molecule has 0 aliphatic rings. The second-order valence-corrected chi connectivity index (χ2v) is 6.12. The predicted molar refractivity (Wildman–Crippen MR) is 93.9 cm³/mol. The van der Waals surface area contributed by atoms with Crippen molar-refractivity contribution < 1.29 is 4.39 Å². The van der Waals surface area contributed by atoms with E-state index in [2.05, 4.69) is 23.8 Å². The van der Waals surface area contributed by atoms with Crippen LogP contribution in [0.5, 0.6) is 0 Å². The molecule has 2 nitrogen and oxygen atoms in total. The highest BCUT2D eigenvalue weighted by atomic mass is 19.1. The third kappa shape index (κ3) is 5.42. The van der Waals surface area contributed by atoms with Crippen molar-refractivity contribution in [2.45, 2.75) is 65.2 Å². The summed E-state index contributed by atoms with van der Waals surface area (Å²) in [5.74, 6) is 0.667. The highest BCUT2D eigenvalue weighted by Crippen LogP contribution is 2.23. The molecule has 2 aromatic rings. The summed E-state index contributed by atoms with van der Waals surface area (Å²) in [5.41, 5.74) is 2.41. The molecule has 1 aromatic heterocycles. The normalized spacial score (nSPS) is 10.9. The van der Waals surface area contributed by atoms with E-state index in [0.29, 0.717) is 5.56 Å². The SMILES string of the molecule is CCCCCc1ccc(-c2cnc(CCCCC)nc2)c(F)c1. The molecule has 0 aliphatic heterocycles. The zero-order chi connectivity index (χ0) is 16.5. The average molecular weight is 314 g/mol. The van der Waals surface area contributed by atoms with Crippen LogP contribution in [0.25, 0.3) is 11.1 Å². The number of hydrogen-bond acceptors (Lipinski definition) is 2. The molecule has 0 N–H and O–H groups in total. The molecule has 0 aliphatic carbocycles. The Bertz CT molecular complexity index is 593. The van der Waals surface area contributed by atoms with E-state index in [9.17, 15) is 4.39 Å². The first-order valence-electron chi connectivity index (χ1n) is 8.84. The lowest BCUT2D eigenvalue weighted by Crippen LogP contribution is -1.96. The van der Waals surface area contributed by atoms with Crippen LogP contribution in [0.15, 0.2) is 30.6 Å². The lowest BCUT2D eigenvalue weighted by Gasteiger charge is -2.07. The van der Waals surface area contributed by atoms with Crippen molar-refractivity contribution >= 4 is 0 Å². The van der Waals surface area contributed by atoms with Gasteiger partial charge in [0.05, 0.1) is 0 Å². The van der Waals surface area contributed by atoms with Crippen molar-refractivity contribution in [3.05, 3.63) is 47.8 Å². The fourth-order valence-corrected chi connectivity index (χ4v) is 2.68. The number of hydrogen-bond donors (Lipinski definition) is 0. The first-order valence-corrected chi connectivity index (χ1v) is 8.84. The van der Waals surface area contributed by atoms with Gasteiger partial charge < -0.3 is 0 Å². The quantitative estimate of drug-likeness (QED) is 0.551. The van der Waals surface area contributed by atoms with Crippen LogP contribution in [0.1, 0.15) is 63.8 Å². The standard InChI is InChI=1S/C20H27FN2/c1-3-5-7-9-16-11-12-18(19(21)13-16)17-14-22-20(23-15-17)10-8-6-4-2/h11-15H,3-10H2,1-2H3. The molecule has 23 heavy (non-hydrogen) atoms. The van der Waals surface area contributed by atoms with Gasteiger partial charge in [-0.2, -0.15) is 0 Å². The van der Waals surface area contributed by atoms with Crippen LogP contribution in [-0.4, -0.2) is 9.97 Å². The summed E-state index contributed by atoms with van der Waals surface area (Å²) in [4.78, 5) is 8.75. The first kappa shape index (κ1) is 17.6. The molecule has 3 heteroatoms. The Labute approximate surface area is 139 Å². The molecule has 0 amide bonds. The minimum Gasteiger partial charge on any atom is -0.241 e. The number of unbranched alkanes of at least 4 members (excludes halogenated alkanes) is 4. The summed E-state index contributed by atoms with van der Waals surface area (Å²) in [5, 5.41) is 0. The largest absolute Gasteiger partial charge is 0.241 e. The molecule has 124 valence electrons. The molecular formula is C20H27FN2. The van der Waals surface area contributed by atoms with Gasteiger partial charge in [-0.15, -0.1) is 0 Å². The van der Waals surface area contributed by atoms with Gasteiger partial charge in [-0.25, -0.2) is 14.4 Å². The summed E-state index contributed by atoms with van der Waals surface area (Å²) in [6.07, 6.45) is 12.3. The number of aromatic nitrogens is 2. The van der Waals surface area contributed by atoms with Crippen LogP contribution in [0.3, 0.4) is 0 Å². The van der Waals surface area contributed by atoms with Crippen molar-refractivity contribution in [2.75, 3.05) is 0 Å². The summed E-state index contributed by atoms with van der Waals surface area (Å²) in [7, 11) is 0. The maximum Gasteiger partial charge on any atom is 0.131 e. The second kappa shape index (κ2) is 9.39. The van der Waals surface area contributed by atoms with Crippen LogP contribution in [0.4, 0.5) is 4.39 Å². The van der Waals surface area contributed by atoms with Crippen molar-refractivity contribution in [1.82, 2.24) is 9.97 Å². The van der Waals surface area contributed by atoms with Crippen molar-refractivity contribution in [3.63, 3.8) is 0 Å². The summed E-state index contributed by atoms with van der Waals surface area (Å²) >= 11 is 0. The van der Waals surface area contributed by atoms with Crippen LogP contribution >= 0.6 is 0 Å². The summed E-state index contributed by atoms with van der Waals surface area (Å²) in [6, 6.07) is 5.52. The summed E-state index contributed by atoms with van der Waals surface area (Å²) in [6.45, 7) is 4.36. The first-order chi connectivity index (χ1) is 11.2. The fourth-order valence-electron chi connectivity index (χ4n) is 2.68. The number of benzene rings is 1. The molecule has 0 bridgehead atoms. The van der Waals surface area contributed by atoms with Gasteiger partial charge in [0, 0.05) is 29.9 Å². The van der Waals surface area contributed by atoms with Gasteiger partial charge >= 0.3 is 0 Å². The van der Waals surface area contributed by atoms with Gasteiger partial charge in [0.1, 0.15) is 11.6 Å². The Hall–Kier alpha value is -1.77. The molecule has 2 rings (SSSR count). The molecule has 0 radical (unpaired) electrons. The van der Waals surface area contributed by atoms with Gasteiger partial charge in [-0.05, 0) is 30.9 Å². The third-order valence-corrected chi connectivity index (χ3v) is 4.12. The number of nitrogens with zero attached hydrogens (tertiary/aromatic N) is 2. The molecule has 1 heterocycles. The molecule has 0 saturated carbocycles. The zero-order valence-corrected chi connectivity index (χ0v) is 14.3. The van der Waals surface area contributed by atoms with E-state index in [4.69, 9.17) is 0 Å². The minimum atomic E-state index is -0.179. The fraction of sp³-hybridized carbons (Fsp3) is 0.500. The van der Waals surface area contributed by atoms with E-state index < -0.39 is 0 Å². The average Bonchev–Trinajstić information content (AvgIpc) is 2.56. The van der Waals surface area contributed by atoms with Crippen molar-refractivity contribution in [3.8, 4) is 11.1 Å².